The SMILES string of the molecule is COc1ccccc1C(C)(O)Cc1nc(C(C)(C)C)cs1. The maximum absolute atomic E-state index is 10.8. The van der Waals surface area contributed by atoms with E-state index in [0.717, 1.165) is 16.3 Å². The van der Waals surface area contributed by atoms with Crippen LogP contribution in [-0.2, 0) is 17.4 Å². The largest absolute Gasteiger partial charge is 0.496 e. The topological polar surface area (TPSA) is 42.4 Å². The molecule has 1 N–H and O–H groups in total. The monoisotopic (exact) mass is 305 g/mol. The minimum Gasteiger partial charge on any atom is -0.496 e. The molecule has 3 nitrogen and oxygen atoms in total. The molecule has 0 saturated heterocycles. The van der Waals surface area contributed by atoms with E-state index in [9.17, 15) is 5.11 Å². The first-order valence-corrected chi connectivity index (χ1v) is 7.93. The lowest BCUT2D eigenvalue weighted by Crippen LogP contribution is -2.25. The number of methoxy groups -OCH3 is 1. The van der Waals surface area contributed by atoms with E-state index in [4.69, 9.17) is 4.74 Å². The number of aromatic nitrogens is 1. The van der Waals surface area contributed by atoms with E-state index in [1.54, 1.807) is 18.4 Å². The smallest absolute Gasteiger partial charge is 0.124 e. The lowest BCUT2D eigenvalue weighted by molar-refractivity contribution is 0.0548. The van der Waals surface area contributed by atoms with Gasteiger partial charge in [-0.2, -0.15) is 0 Å². The summed E-state index contributed by atoms with van der Waals surface area (Å²) in [6, 6.07) is 7.58. The molecule has 0 aliphatic carbocycles. The second-order valence-corrected chi connectivity index (χ2v) is 7.47. The molecule has 2 aromatic rings. The summed E-state index contributed by atoms with van der Waals surface area (Å²) >= 11 is 1.60. The first-order valence-electron chi connectivity index (χ1n) is 7.05. The molecular formula is C17H23NO2S. The summed E-state index contributed by atoms with van der Waals surface area (Å²) < 4.78 is 5.35. The van der Waals surface area contributed by atoms with Gasteiger partial charge in [-0.15, -0.1) is 11.3 Å². The first-order chi connectivity index (χ1) is 9.74. The van der Waals surface area contributed by atoms with E-state index in [-0.39, 0.29) is 5.41 Å². The summed E-state index contributed by atoms with van der Waals surface area (Å²) in [6.45, 7) is 8.24. The molecule has 0 saturated carbocycles. The molecule has 1 heterocycles. The quantitative estimate of drug-likeness (QED) is 0.931. The third-order valence-electron chi connectivity index (χ3n) is 3.50. The highest BCUT2D eigenvalue weighted by Crippen LogP contribution is 2.34. The van der Waals surface area contributed by atoms with Gasteiger partial charge in [0.05, 0.1) is 23.4 Å². The van der Waals surface area contributed by atoms with Crippen LogP contribution in [0.25, 0.3) is 0 Å². The molecule has 1 atom stereocenters. The molecule has 21 heavy (non-hydrogen) atoms. The van der Waals surface area contributed by atoms with Crippen LogP contribution in [-0.4, -0.2) is 17.2 Å². The molecule has 0 bridgehead atoms. The molecule has 0 fully saturated rings. The molecule has 0 spiro atoms. The van der Waals surface area contributed by atoms with Crippen LogP contribution in [0.3, 0.4) is 0 Å². The summed E-state index contributed by atoms with van der Waals surface area (Å²) in [5, 5.41) is 13.9. The van der Waals surface area contributed by atoms with Gasteiger partial charge in [0.1, 0.15) is 5.75 Å². The van der Waals surface area contributed by atoms with Gasteiger partial charge in [-0.25, -0.2) is 4.98 Å². The van der Waals surface area contributed by atoms with E-state index in [1.807, 2.05) is 31.2 Å². The molecule has 4 heteroatoms. The van der Waals surface area contributed by atoms with Gasteiger partial charge in [-0.05, 0) is 13.0 Å². The van der Waals surface area contributed by atoms with Crippen molar-refractivity contribution in [1.82, 2.24) is 4.98 Å². The van der Waals surface area contributed by atoms with Crippen molar-refractivity contribution in [3.8, 4) is 5.75 Å². The fraction of sp³-hybridized carbons (Fsp3) is 0.471. The molecule has 114 valence electrons. The summed E-state index contributed by atoms with van der Waals surface area (Å²) in [5.41, 5.74) is 0.892. The third-order valence-corrected chi connectivity index (χ3v) is 4.35. The highest BCUT2D eigenvalue weighted by atomic mass is 32.1. The summed E-state index contributed by atoms with van der Waals surface area (Å²) in [5.74, 6) is 0.704. The van der Waals surface area contributed by atoms with Crippen molar-refractivity contribution < 1.29 is 9.84 Å². The molecule has 1 unspecified atom stereocenters. The van der Waals surface area contributed by atoms with Crippen molar-refractivity contribution in [2.45, 2.75) is 45.1 Å². The van der Waals surface area contributed by atoms with E-state index in [2.05, 4.69) is 31.1 Å². The lowest BCUT2D eigenvalue weighted by Gasteiger charge is -2.25. The van der Waals surface area contributed by atoms with E-state index in [1.165, 1.54) is 0 Å². The van der Waals surface area contributed by atoms with Crippen LogP contribution >= 0.6 is 11.3 Å². The Labute approximate surface area is 130 Å². The van der Waals surface area contributed by atoms with Gasteiger partial charge in [0.25, 0.3) is 0 Å². The van der Waals surface area contributed by atoms with E-state index >= 15 is 0 Å². The predicted molar refractivity (Wildman–Crippen MR) is 87.1 cm³/mol. The molecule has 0 aliphatic rings. The van der Waals surface area contributed by atoms with E-state index < -0.39 is 5.60 Å². The zero-order valence-corrected chi connectivity index (χ0v) is 14.1. The standard InChI is InChI=1S/C17H23NO2S/c1-16(2,3)14-11-21-15(18-14)10-17(4,19)12-8-6-7-9-13(12)20-5/h6-9,11,19H,10H2,1-5H3. The Morgan fingerprint density at radius 3 is 2.43 bits per heavy atom. The van der Waals surface area contributed by atoms with Crippen molar-refractivity contribution in [2.75, 3.05) is 7.11 Å². The van der Waals surface area contributed by atoms with E-state index in [0.29, 0.717) is 12.2 Å². The fourth-order valence-corrected chi connectivity index (χ4v) is 3.39. The lowest BCUT2D eigenvalue weighted by atomic mass is 9.91. The number of thiazole rings is 1. The van der Waals surface area contributed by atoms with Crippen molar-refractivity contribution in [3.05, 3.63) is 45.9 Å². The maximum Gasteiger partial charge on any atom is 0.124 e. The van der Waals surface area contributed by atoms with Crippen LogP contribution in [0.5, 0.6) is 5.75 Å². The summed E-state index contributed by atoms with van der Waals surface area (Å²) in [7, 11) is 1.62. The van der Waals surface area contributed by atoms with Crippen molar-refractivity contribution in [2.24, 2.45) is 0 Å². The highest BCUT2D eigenvalue weighted by molar-refractivity contribution is 7.09. The molecule has 1 aromatic carbocycles. The second kappa shape index (κ2) is 5.78. The number of rotatable bonds is 4. The molecule has 0 aliphatic heterocycles. The number of benzene rings is 1. The van der Waals surface area contributed by atoms with Gasteiger partial charge < -0.3 is 9.84 Å². The van der Waals surface area contributed by atoms with Gasteiger partial charge in [-0.3, -0.25) is 0 Å². The van der Waals surface area contributed by atoms with Gasteiger partial charge in [0.15, 0.2) is 0 Å². The van der Waals surface area contributed by atoms with Crippen LogP contribution in [0.4, 0.5) is 0 Å². The van der Waals surface area contributed by atoms with Gasteiger partial charge >= 0.3 is 0 Å². The average Bonchev–Trinajstić information content (AvgIpc) is 2.86. The molecular weight excluding hydrogens is 282 g/mol. The van der Waals surface area contributed by atoms with Crippen LogP contribution in [0.15, 0.2) is 29.6 Å². The third kappa shape index (κ3) is 3.63. The maximum atomic E-state index is 10.8. The van der Waals surface area contributed by atoms with Crippen LogP contribution in [0.1, 0.15) is 44.0 Å². The number of hydrogen-bond acceptors (Lipinski definition) is 4. The van der Waals surface area contributed by atoms with Crippen LogP contribution in [0.2, 0.25) is 0 Å². The zero-order chi connectivity index (χ0) is 15.7. The Hall–Kier alpha value is -1.39. The van der Waals surface area contributed by atoms with Crippen molar-refractivity contribution in [3.63, 3.8) is 0 Å². The number of aliphatic hydroxyl groups is 1. The number of hydrogen-bond donors (Lipinski definition) is 1. The highest BCUT2D eigenvalue weighted by Gasteiger charge is 2.29. The summed E-state index contributed by atoms with van der Waals surface area (Å²) in [4.78, 5) is 4.67. The second-order valence-electron chi connectivity index (χ2n) is 6.53. The number of nitrogens with zero attached hydrogens (tertiary/aromatic N) is 1. The Morgan fingerprint density at radius 1 is 1.19 bits per heavy atom. The number of ether oxygens (including phenoxy) is 1. The van der Waals surface area contributed by atoms with Gasteiger partial charge in [0.2, 0.25) is 0 Å². The zero-order valence-electron chi connectivity index (χ0n) is 13.3. The fourth-order valence-electron chi connectivity index (χ4n) is 2.22. The van der Waals surface area contributed by atoms with Crippen LogP contribution < -0.4 is 4.74 Å². The number of para-hydroxylation sites is 1. The molecule has 1 aromatic heterocycles. The van der Waals surface area contributed by atoms with Crippen molar-refractivity contribution in [1.29, 1.82) is 0 Å². The van der Waals surface area contributed by atoms with Gasteiger partial charge in [0, 0.05) is 22.8 Å². The normalized spacial score (nSPS) is 14.8. The van der Waals surface area contributed by atoms with Crippen LogP contribution in [0, 0.1) is 0 Å². The molecule has 2 rings (SSSR count). The predicted octanol–water partition coefficient (Wildman–Crippen LogP) is 3.90. The minimum atomic E-state index is -1.00. The first kappa shape index (κ1) is 16.0. The Balaban J connectivity index is 2.27. The Kier molecular flexibility index (Phi) is 4.40. The molecule has 0 amide bonds. The van der Waals surface area contributed by atoms with Gasteiger partial charge in [-0.1, -0.05) is 39.0 Å². The van der Waals surface area contributed by atoms with Crippen molar-refractivity contribution >= 4 is 11.3 Å². The summed E-state index contributed by atoms with van der Waals surface area (Å²) in [6.07, 6.45) is 0.480. The molecule has 0 radical (unpaired) electrons. The average molecular weight is 305 g/mol. The minimum absolute atomic E-state index is 0.0328. The Bertz CT molecular complexity index is 611. The Morgan fingerprint density at radius 2 is 1.86 bits per heavy atom.